The molecule has 162 valence electrons. The van der Waals surface area contributed by atoms with Crippen LogP contribution >= 0.6 is 0 Å². The summed E-state index contributed by atoms with van der Waals surface area (Å²) in [4.78, 5) is 14.9. The molecule has 2 N–H and O–H groups in total. The van der Waals surface area contributed by atoms with Crippen molar-refractivity contribution in [2.24, 2.45) is 7.05 Å². The highest BCUT2D eigenvalue weighted by atomic mass is 16.5. The van der Waals surface area contributed by atoms with Gasteiger partial charge in [0.05, 0.1) is 24.7 Å². The monoisotopic (exact) mass is 421 g/mol. The molecule has 0 spiro atoms. The number of benzene rings is 1. The number of aryl methyl sites for hydroxylation is 1. The smallest absolute Gasteiger partial charge is 0.269 e. The molecule has 2 aromatic heterocycles. The quantitative estimate of drug-likeness (QED) is 0.539. The Balaban J connectivity index is 1.31. The molecule has 1 saturated heterocycles. The molecule has 9 heteroatoms. The number of nitrogens with zero attached hydrogens (tertiary/aromatic N) is 5. The molecular weight excluding hydrogens is 394 g/mol. The second-order valence-electron chi connectivity index (χ2n) is 7.45. The number of carbonyl (C=O) groups is 1. The lowest BCUT2D eigenvalue weighted by atomic mass is 10.1. The predicted molar refractivity (Wildman–Crippen MR) is 119 cm³/mol. The van der Waals surface area contributed by atoms with E-state index in [9.17, 15) is 4.79 Å². The molecule has 0 radical (unpaired) electrons. The number of amides is 1. The van der Waals surface area contributed by atoms with Crippen molar-refractivity contribution in [2.75, 3.05) is 43.5 Å². The van der Waals surface area contributed by atoms with Crippen LogP contribution in [0.2, 0.25) is 0 Å². The van der Waals surface area contributed by atoms with Crippen molar-refractivity contribution >= 4 is 17.4 Å². The third-order valence-corrected chi connectivity index (χ3v) is 5.31. The Bertz CT molecular complexity index is 1040. The summed E-state index contributed by atoms with van der Waals surface area (Å²) in [6.45, 7) is 3.12. The largest absolute Gasteiger partial charge is 0.497 e. The molecule has 3 aromatic rings. The maximum Gasteiger partial charge on any atom is 0.269 e. The Morgan fingerprint density at radius 1 is 1.16 bits per heavy atom. The molecule has 0 aliphatic carbocycles. The zero-order valence-electron chi connectivity index (χ0n) is 17.8. The minimum Gasteiger partial charge on any atom is -0.497 e. The van der Waals surface area contributed by atoms with E-state index in [0.717, 1.165) is 35.8 Å². The summed E-state index contributed by atoms with van der Waals surface area (Å²) < 4.78 is 6.85. The molecule has 0 atom stereocenters. The minimum atomic E-state index is -0.178. The van der Waals surface area contributed by atoms with Gasteiger partial charge in [-0.2, -0.15) is 10.2 Å². The highest BCUT2D eigenvalue weighted by Crippen LogP contribution is 2.23. The van der Waals surface area contributed by atoms with Gasteiger partial charge in [-0.3, -0.25) is 9.48 Å². The lowest BCUT2D eigenvalue weighted by molar-refractivity contribution is 0.0946. The van der Waals surface area contributed by atoms with E-state index >= 15 is 0 Å². The van der Waals surface area contributed by atoms with Crippen molar-refractivity contribution in [2.45, 2.75) is 12.8 Å². The zero-order valence-corrected chi connectivity index (χ0v) is 17.8. The molecule has 0 saturated carbocycles. The molecule has 1 fully saturated rings. The van der Waals surface area contributed by atoms with Crippen LogP contribution < -0.4 is 20.3 Å². The van der Waals surface area contributed by atoms with Crippen LogP contribution in [-0.2, 0) is 7.05 Å². The molecule has 1 aromatic carbocycles. The lowest BCUT2D eigenvalue weighted by Gasteiger charge is -2.17. The van der Waals surface area contributed by atoms with E-state index in [1.807, 2.05) is 30.3 Å². The number of anilines is 2. The average Bonchev–Trinajstić information content (AvgIpc) is 3.47. The summed E-state index contributed by atoms with van der Waals surface area (Å²) in [5.74, 6) is 1.28. The van der Waals surface area contributed by atoms with E-state index in [1.165, 1.54) is 12.8 Å². The molecule has 9 nitrogen and oxygen atoms in total. The number of rotatable bonds is 8. The Morgan fingerprint density at radius 2 is 2.00 bits per heavy atom. The maximum absolute atomic E-state index is 12.6. The summed E-state index contributed by atoms with van der Waals surface area (Å²) in [6, 6.07) is 11.4. The number of methoxy groups -OCH3 is 1. The van der Waals surface area contributed by atoms with E-state index in [-0.39, 0.29) is 5.91 Å². The molecule has 31 heavy (non-hydrogen) atoms. The fourth-order valence-corrected chi connectivity index (χ4v) is 3.65. The number of hydrogen-bond donors (Lipinski definition) is 2. The molecule has 0 unspecified atom stereocenters. The van der Waals surface area contributed by atoms with E-state index in [2.05, 4.69) is 30.8 Å². The highest BCUT2D eigenvalue weighted by Gasteiger charge is 2.15. The summed E-state index contributed by atoms with van der Waals surface area (Å²) in [5, 5.41) is 18.8. The van der Waals surface area contributed by atoms with Gasteiger partial charge in [0, 0.05) is 44.9 Å². The highest BCUT2D eigenvalue weighted by molar-refractivity contribution is 5.93. The third kappa shape index (κ3) is 4.93. The molecule has 1 aliphatic rings. The van der Waals surface area contributed by atoms with Crippen LogP contribution in [0.25, 0.3) is 11.3 Å². The van der Waals surface area contributed by atoms with E-state index in [4.69, 9.17) is 4.74 Å². The van der Waals surface area contributed by atoms with Gasteiger partial charge < -0.3 is 20.3 Å². The van der Waals surface area contributed by atoms with Crippen molar-refractivity contribution in [3.63, 3.8) is 0 Å². The first kappa shape index (κ1) is 20.6. The number of carbonyl (C=O) groups excluding carboxylic acids is 1. The van der Waals surface area contributed by atoms with Crippen molar-refractivity contribution in [3.05, 3.63) is 48.3 Å². The normalized spacial score (nSPS) is 13.3. The molecule has 1 amide bonds. The van der Waals surface area contributed by atoms with Crippen molar-refractivity contribution < 1.29 is 9.53 Å². The van der Waals surface area contributed by atoms with Crippen LogP contribution in [0.4, 0.5) is 11.5 Å². The van der Waals surface area contributed by atoms with Gasteiger partial charge in [0.1, 0.15) is 11.4 Å². The van der Waals surface area contributed by atoms with Crippen molar-refractivity contribution in [3.8, 4) is 17.0 Å². The number of aromatic nitrogens is 4. The van der Waals surface area contributed by atoms with Gasteiger partial charge in [-0.1, -0.05) is 12.1 Å². The fourth-order valence-electron chi connectivity index (χ4n) is 3.65. The second kappa shape index (κ2) is 9.46. The Kier molecular flexibility index (Phi) is 6.30. The standard InChI is InChI=1S/C22H27N7O2/c1-28-20(14-19(27-28)16-6-5-7-18(12-16)31-2)22(30)24-9-8-23-21-13-17(15-25-26-21)29-10-3-4-11-29/h5-7,12-15H,3-4,8-11H2,1-2H3,(H,23,26)(H,24,30). The summed E-state index contributed by atoms with van der Waals surface area (Å²) in [5.41, 5.74) is 3.19. The SMILES string of the molecule is COc1cccc(-c2cc(C(=O)NCCNc3cc(N4CCCC4)cnn3)n(C)n2)c1. The first-order valence-corrected chi connectivity index (χ1v) is 10.4. The Labute approximate surface area is 181 Å². The van der Waals surface area contributed by atoms with Crippen LogP contribution in [0.5, 0.6) is 5.75 Å². The maximum atomic E-state index is 12.6. The van der Waals surface area contributed by atoms with Gasteiger partial charge in [-0.05, 0) is 31.0 Å². The average molecular weight is 422 g/mol. The van der Waals surface area contributed by atoms with E-state index in [0.29, 0.717) is 24.6 Å². The molecule has 1 aliphatic heterocycles. The zero-order chi connectivity index (χ0) is 21.6. The van der Waals surface area contributed by atoms with Gasteiger partial charge in [0.2, 0.25) is 0 Å². The predicted octanol–water partition coefficient (Wildman–Crippen LogP) is 2.33. The summed E-state index contributed by atoms with van der Waals surface area (Å²) in [6.07, 6.45) is 4.22. The van der Waals surface area contributed by atoms with Crippen LogP contribution in [0.15, 0.2) is 42.6 Å². The van der Waals surface area contributed by atoms with Crippen molar-refractivity contribution in [1.29, 1.82) is 0 Å². The molecular formula is C22H27N7O2. The fraction of sp³-hybridized carbons (Fsp3) is 0.364. The topological polar surface area (TPSA) is 97.2 Å². The Morgan fingerprint density at radius 3 is 2.81 bits per heavy atom. The minimum absolute atomic E-state index is 0.178. The van der Waals surface area contributed by atoms with Gasteiger partial charge in [-0.25, -0.2) is 0 Å². The van der Waals surface area contributed by atoms with Gasteiger partial charge in [-0.15, -0.1) is 5.10 Å². The first-order valence-electron chi connectivity index (χ1n) is 10.4. The van der Waals surface area contributed by atoms with Crippen LogP contribution in [-0.4, -0.2) is 59.2 Å². The first-order chi connectivity index (χ1) is 15.1. The van der Waals surface area contributed by atoms with Gasteiger partial charge >= 0.3 is 0 Å². The lowest BCUT2D eigenvalue weighted by Crippen LogP contribution is -2.30. The van der Waals surface area contributed by atoms with Crippen LogP contribution in [0.3, 0.4) is 0 Å². The van der Waals surface area contributed by atoms with E-state index < -0.39 is 0 Å². The second-order valence-corrected chi connectivity index (χ2v) is 7.45. The number of ether oxygens (including phenoxy) is 1. The molecule has 4 rings (SSSR count). The number of hydrogen-bond acceptors (Lipinski definition) is 7. The van der Waals surface area contributed by atoms with Gasteiger partial charge in [0.15, 0.2) is 5.82 Å². The Hall–Kier alpha value is -3.62. The van der Waals surface area contributed by atoms with Gasteiger partial charge in [0.25, 0.3) is 5.91 Å². The van der Waals surface area contributed by atoms with E-state index in [1.54, 1.807) is 31.1 Å². The summed E-state index contributed by atoms with van der Waals surface area (Å²) in [7, 11) is 3.38. The van der Waals surface area contributed by atoms with Crippen LogP contribution in [0.1, 0.15) is 23.3 Å². The number of nitrogens with one attached hydrogen (secondary N) is 2. The third-order valence-electron chi connectivity index (χ3n) is 5.31. The van der Waals surface area contributed by atoms with Crippen LogP contribution in [0, 0.1) is 0 Å². The molecule has 0 bridgehead atoms. The van der Waals surface area contributed by atoms with Crippen molar-refractivity contribution in [1.82, 2.24) is 25.3 Å². The summed E-state index contributed by atoms with van der Waals surface area (Å²) >= 11 is 0. The molecule has 3 heterocycles.